The minimum atomic E-state index is 0.261. The summed E-state index contributed by atoms with van der Waals surface area (Å²) >= 11 is 3.58. The smallest absolute Gasteiger partial charge is 0.222 e. The Labute approximate surface area is 190 Å². The molecule has 0 radical (unpaired) electrons. The van der Waals surface area contributed by atoms with Gasteiger partial charge in [0, 0.05) is 31.6 Å². The van der Waals surface area contributed by atoms with Crippen molar-refractivity contribution < 1.29 is 9.90 Å². The largest absolute Gasteiger partial charge is 0.507 e. The number of phenols is 1. The van der Waals surface area contributed by atoms with Crippen LogP contribution in [0, 0.1) is 11.8 Å². The first kappa shape index (κ1) is 20.4. The lowest BCUT2D eigenvalue weighted by atomic mass is 9.96. The molecule has 0 bridgehead atoms. The fourth-order valence-corrected chi connectivity index (χ4v) is 4.76. The van der Waals surface area contributed by atoms with Crippen LogP contribution < -0.4 is 5.32 Å². The number of phenolic OH excluding ortho intramolecular Hbond substituents is 1. The number of nitrogens with one attached hydrogen (secondary N) is 1. The minimum absolute atomic E-state index is 0.261. The lowest BCUT2D eigenvalue weighted by Gasteiger charge is -2.32. The second-order valence-electron chi connectivity index (χ2n) is 8.79. The molecule has 2 N–H and O–H groups in total. The topological polar surface area (TPSA) is 69.9 Å². The van der Waals surface area contributed by atoms with Gasteiger partial charge in [0.2, 0.25) is 5.91 Å². The third-order valence-corrected chi connectivity index (χ3v) is 7.10. The SMILES string of the molecule is O=C(CC1CC1)N1CCC(CNc2cc(-c3ccccc3O)cc3c(Br)cnn23)CC1. The van der Waals surface area contributed by atoms with E-state index in [4.69, 9.17) is 0 Å². The molecule has 0 spiro atoms. The van der Waals surface area contributed by atoms with E-state index in [2.05, 4.69) is 31.2 Å². The van der Waals surface area contributed by atoms with E-state index in [-0.39, 0.29) is 5.75 Å². The van der Waals surface area contributed by atoms with Gasteiger partial charge in [0.25, 0.3) is 0 Å². The molecule has 5 rings (SSSR count). The van der Waals surface area contributed by atoms with Gasteiger partial charge in [-0.15, -0.1) is 0 Å². The van der Waals surface area contributed by atoms with Gasteiger partial charge in [-0.05, 0) is 77.2 Å². The third kappa shape index (κ3) is 4.42. The number of halogens is 1. The third-order valence-electron chi connectivity index (χ3n) is 6.49. The number of hydrogen-bond donors (Lipinski definition) is 2. The maximum absolute atomic E-state index is 12.4. The summed E-state index contributed by atoms with van der Waals surface area (Å²) in [5.41, 5.74) is 2.68. The highest BCUT2D eigenvalue weighted by Gasteiger charge is 2.29. The molecule has 2 fully saturated rings. The molecule has 2 aliphatic rings. The van der Waals surface area contributed by atoms with Gasteiger partial charge in [-0.3, -0.25) is 4.79 Å². The summed E-state index contributed by atoms with van der Waals surface area (Å²) in [7, 11) is 0. The number of anilines is 1. The number of para-hydroxylation sites is 1. The molecule has 31 heavy (non-hydrogen) atoms. The number of amides is 1. The van der Waals surface area contributed by atoms with Gasteiger partial charge >= 0.3 is 0 Å². The van der Waals surface area contributed by atoms with Gasteiger partial charge in [-0.2, -0.15) is 5.10 Å². The molecule has 3 aromatic rings. The molecule has 1 amide bonds. The van der Waals surface area contributed by atoms with Crippen molar-refractivity contribution >= 4 is 33.2 Å². The number of nitrogens with zero attached hydrogens (tertiary/aromatic N) is 3. The molecule has 1 aliphatic carbocycles. The monoisotopic (exact) mass is 482 g/mol. The maximum atomic E-state index is 12.4. The van der Waals surface area contributed by atoms with E-state index in [0.29, 0.717) is 17.7 Å². The lowest BCUT2D eigenvalue weighted by Crippen LogP contribution is -2.40. The molecule has 1 aromatic carbocycles. The first-order valence-electron chi connectivity index (χ1n) is 11.1. The van der Waals surface area contributed by atoms with E-state index in [1.165, 1.54) is 12.8 Å². The fourth-order valence-electron chi connectivity index (χ4n) is 4.39. The predicted molar refractivity (Wildman–Crippen MR) is 125 cm³/mol. The Hall–Kier alpha value is -2.54. The summed E-state index contributed by atoms with van der Waals surface area (Å²) in [6, 6.07) is 11.4. The van der Waals surface area contributed by atoms with Crippen LogP contribution in [0.25, 0.3) is 16.6 Å². The standard InChI is InChI=1S/C24H27BrN4O2/c25-20-15-27-29-21(20)12-18(19-3-1-2-4-22(19)30)13-23(29)26-14-17-7-9-28(10-8-17)24(31)11-16-5-6-16/h1-4,12-13,15-17,26,30H,5-11,14H2. The summed E-state index contributed by atoms with van der Waals surface area (Å²) < 4.78 is 2.80. The van der Waals surface area contributed by atoms with Crippen LogP contribution in [0.2, 0.25) is 0 Å². The second kappa shape index (κ2) is 8.54. The van der Waals surface area contributed by atoms with Gasteiger partial charge in [0.15, 0.2) is 0 Å². The van der Waals surface area contributed by atoms with Crippen molar-refractivity contribution in [2.24, 2.45) is 11.8 Å². The average Bonchev–Trinajstić information content (AvgIpc) is 3.52. The minimum Gasteiger partial charge on any atom is -0.507 e. The number of aromatic hydroxyl groups is 1. The highest BCUT2D eigenvalue weighted by Crippen LogP contribution is 2.35. The van der Waals surface area contributed by atoms with Crippen LogP contribution >= 0.6 is 15.9 Å². The normalized spacial score (nSPS) is 17.3. The van der Waals surface area contributed by atoms with Crippen molar-refractivity contribution in [3.8, 4) is 16.9 Å². The molecule has 6 nitrogen and oxygen atoms in total. The summed E-state index contributed by atoms with van der Waals surface area (Å²) in [6.07, 6.45) is 7.03. The van der Waals surface area contributed by atoms with Gasteiger partial charge < -0.3 is 15.3 Å². The lowest BCUT2D eigenvalue weighted by molar-refractivity contribution is -0.132. The molecule has 0 atom stereocenters. The summed E-state index contributed by atoms with van der Waals surface area (Å²) in [6.45, 7) is 2.55. The number of carbonyl (C=O) groups excluding carboxylic acids is 1. The van der Waals surface area contributed by atoms with Crippen molar-refractivity contribution in [2.45, 2.75) is 32.1 Å². The van der Waals surface area contributed by atoms with Crippen molar-refractivity contribution in [3.05, 3.63) is 47.1 Å². The van der Waals surface area contributed by atoms with Crippen molar-refractivity contribution in [2.75, 3.05) is 25.0 Å². The maximum Gasteiger partial charge on any atom is 0.222 e. The van der Waals surface area contributed by atoms with Gasteiger partial charge in [-0.25, -0.2) is 4.52 Å². The van der Waals surface area contributed by atoms with Crippen LogP contribution in [0.3, 0.4) is 0 Å². The van der Waals surface area contributed by atoms with E-state index in [1.54, 1.807) is 12.3 Å². The molecule has 162 valence electrons. The number of benzene rings is 1. The molecular formula is C24H27BrN4O2. The van der Waals surface area contributed by atoms with Crippen molar-refractivity contribution in [1.29, 1.82) is 0 Å². The number of piperidine rings is 1. The first-order chi connectivity index (χ1) is 15.1. The quantitative estimate of drug-likeness (QED) is 0.522. The molecule has 2 aromatic heterocycles. The van der Waals surface area contributed by atoms with E-state index < -0.39 is 0 Å². The van der Waals surface area contributed by atoms with Crippen molar-refractivity contribution in [1.82, 2.24) is 14.5 Å². The zero-order valence-corrected chi connectivity index (χ0v) is 19.0. The van der Waals surface area contributed by atoms with E-state index in [1.807, 2.05) is 34.8 Å². The van der Waals surface area contributed by atoms with Gasteiger partial charge in [-0.1, -0.05) is 18.2 Å². The van der Waals surface area contributed by atoms with Crippen LogP contribution in [0.1, 0.15) is 32.1 Å². The highest BCUT2D eigenvalue weighted by atomic mass is 79.9. The summed E-state index contributed by atoms with van der Waals surface area (Å²) in [5.74, 6) is 2.67. The van der Waals surface area contributed by atoms with E-state index >= 15 is 0 Å². The van der Waals surface area contributed by atoms with Crippen LogP contribution in [0.15, 0.2) is 47.1 Å². The highest BCUT2D eigenvalue weighted by molar-refractivity contribution is 9.10. The molecule has 3 heterocycles. The Balaban J connectivity index is 1.29. The molecular weight excluding hydrogens is 456 g/mol. The Bertz CT molecular complexity index is 1100. The number of rotatable bonds is 6. The average molecular weight is 483 g/mol. The number of likely N-dealkylation sites (tertiary alicyclic amines) is 1. The summed E-state index contributed by atoms with van der Waals surface area (Å²) in [4.78, 5) is 14.4. The van der Waals surface area contributed by atoms with Gasteiger partial charge in [0.05, 0.1) is 16.2 Å². The summed E-state index contributed by atoms with van der Waals surface area (Å²) in [5, 5.41) is 18.4. The van der Waals surface area contributed by atoms with Crippen molar-refractivity contribution in [3.63, 3.8) is 0 Å². The Morgan fingerprint density at radius 1 is 1.13 bits per heavy atom. The molecule has 1 saturated carbocycles. The van der Waals surface area contributed by atoms with Gasteiger partial charge in [0.1, 0.15) is 11.6 Å². The molecule has 0 unspecified atom stereocenters. The Kier molecular flexibility index (Phi) is 5.61. The van der Waals surface area contributed by atoms with E-state index in [0.717, 1.165) is 65.8 Å². The fraction of sp³-hybridized carbons (Fsp3) is 0.417. The zero-order chi connectivity index (χ0) is 21.4. The second-order valence-corrected chi connectivity index (χ2v) is 9.64. The number of aromatic nitrogens is 2. The van der Waals surface area contributed by atoms with Crippen LogP contribution in [-0.4, -0.2) is 45.2 Å². The molecule has 7 heteroatoms. The van der Waals surface area contributed by atoms with E-state index in [9.17, 15) is 9.90 Å². The Morgan fingerprint density at radius 3 is 2.65 bits per heavy atom. The van der Waals surface area contributed by atoms with Crippen LogP contribution in [-0.2, 0) is 4.79 Å². The molecule has 1 aliphatic heterocycles. The zero-order valence-electron chi connectivity index (χ0n) is 17.4. The predicted octanol–water partition coefficient (Wildman–Crippen LogP) is 4.92. The first-order valence-corrected chi connectivity index (χ1v) is 11.8. The molecule has 1 saturated heterocycles. The number of pyridine rings is 1. The van der Waals surface area contributed by atoms with Crippen LogP contribution in [0.5, 0.6) is 5.75 Å². The number of carbonyl (C=O) groups is 1. The number of fused-ring (bicyclic) bond motifs is 1. The van der Waals surface area contributed by atoms with Crippen LogP contribution in [0.4, 0.5) is 5.82 Å². The Morgan fingerprint density at radius 2 is 1.90 bits per heavy atom. The number of hydrogen-bond acceptors (Lipinski definition) is 4.